The summed E-state index contributed by atoms with van der Waals surface area (Å²) in [6.07, 6.45) is -1.04. The second kappa shape index (κ2) is 27.2. The fourth-order valence-electron chi connectivity index (χ4n) is 6.29. The molecule has 73 heavy (non-hydrogen) atoms. The number of hydrogen-bond acceptors (Lipinski definition) is 15. The quantitative estimate of drug-likeness (QED) is 0.0764. The van der Waals surface area contributed by atoms with Gasteiger partial charge in [-0.15, -0.1) is 4.99 Å². The van der Waals surface area contributed by atoms with Crippen LogP contribution >= 0.6 is 0 Å². The topological polar surface area (TPSA) is 238 Å². The Morgan fingerprint density at radius 1 is 0.575 bits per heavy atom. The van der Waals surface area contributed by atoms with Crippen molar-refractivity contribution in [2.24, 2.45) is 15.0 Å². The standard InChI is InChI=1S/C52H86N8O13/c1-47(2,3)68-41(61)55-39(56-42(62)69-48(4,5)6)54-30-22-20-19-21-23-32-59(45(65)72-51(13,14)15)40(57-43(63)70-49(7,8)9)60(46(66)73-52(16,17)18)34-25-35-67-37-28-26-36(27-29-37)38-53-31-24-33-58(38)44(64)71-50(10,11)12/h26-29H,19-25,30-35H2,1-18H3,(H2,54,55,56,61,62). The van der Waals surface area contributed by atoms with E-state index in [0.717, 1.165) is 9.80 Å². The van der Waals surface area contributed by atoms with Crippen LogP contribution in [0.15, 0.2) is 39.2 Å². The van der Waals surface area contributed by atoms with Crippen molar-refractivity contribution < 1.29 is 61.9 Å². The third-order valence-corrected chi connectivity index (χ3v) is 8.92. The van der Waals surface area contributed by atoms with Crippen LogP contribution in [0.3, 0.4) is 0 Å². The van der Waals surface area contributed by atoms with E-state index in [1.165, 1.54) is 4.90 Å². The van der Waals surface area contributed by atoms with Crippen molar-refractivity contribution in [2.75, 3.05) is 39.3 Å². The summed E-state index contributed by atoms with van der Waals surface area (Å²) in [5.74, 6) is 0.547. The number of rotatable bonds is 14. The zero-order valence-corrected chi connectivity index (χ0v) is 47.0. The van der Waals surface area contributed by atoms with E-state index in [9.17, 15) is 28.8 Å². The normalized spacial score (nSPS) is 13.6. The van der Waals surface area contributed by atoms with Gasteiger partial charge in [0, 0.05) is 38.3 Å². The van der Waals surface area contributed by atoms with Gasteiger partial charge in [-0.05, 0) is 175 Å². The molecule has 0 saturated heterocycles. The van der Waals surface area contributed by atoms with Crippen molar-refractivity contribution in [1.29, 1.82) is 0 Å². The van der Waals surface area contributed by atoms with E-state index in [4.69, 9.17) is 33.2 Å². The molecule has 21 heteroatoms. The summed E-state index contributed by atoms with van der Waals surface area (Å²) in [7, 11) is 0. The first-order valence-corrected chi connectivity index (χ1v) is 25.1. The summed E-state index contributed by atoms with van der Waals surface area (Å²) >= 11 is 0. The largest absolute Gasteiger partial charge is 0.494 e. The van der Waals surface area contributed by atoms with E-state index in [1.54, 1.807) is 128 Å². The number of alkyl carbamates (subject to hydrolysis) is 2. The summed E-state index contributed by atoms with van der Waals surface area (Å²) < 4.78 is 39.6. The van der Waals surface area contributed by atoms with Crippen molar-refractivity contribution in [3.8, 4) is 5.75 Å². The third kappa shape index (κ3) is 27.5. The first kappa shape index (κ1) is 63.0. The van der Waals surface area contributed by atoms with Gasteiger partial charge in [-0.3, -0.25) is 25.5 Å². The Morgan fingerprint density at radius 3 is 1.51 bits per heavy atom. The number of carbonyl (C=O) groups excluding carboxylic acids is 6. The molecule has 0 saturated carbocycles. The van der Waals surface area contributed by atoms with Gasteiger partial charge in [0.05, 0.1) is 6.61 Å². The van der Waals surface area contributed by atoms with E-state index in [0.29, 0.717) is 68.8 Å². The second-order valence-corrected chi connectivity index (χ2v) is 23.3. The minimum absolute atomic E-state index is 0.0166. The molecule has 1 aromatic rings. The molecule has 0 aromatic heterocycles. The molecular formula is C52H86N8O13. The van der Waals surface area contributed by atoms with Gasteiger partial charge in [-0.25, -0.2) is 38.6 Å². The van der Waals surface area contributed by atoms with Crippen molar-refractivity contribution in [2.45, 2.75) is 203 Å². The zero-order valence-electron chi connectivity index (χ0n) is 47.0. The summed E-state index contributed by atoms with van der Waals surface area (Å²) in [6.45, 7) is 32.1. The number of ether oxygens (including phenoxy) is 7. The van der Waals surface area contributed by atoms with Crippen molar-refractivity contribution in [1.82, 2.24) is 25.3 Å². The molecule has 1 aromatic carbocycles. The molecule has 1 aliphatic rings. The van der Waals surface area contributed by atoms with Crippen LogP contribution in [0.25, 0.3) is 0 Å². The lowest BCUT2D eigenvalue weighted by Gasteiger charge is -2.34. The van der Waals surface area contributed by atoms with E-state index in [1.807, 2.05) is 20.8 Å². The Balaban J connectivity index is 2.36. The van der Waals surface area contributed by atoms with Crippen LogP contribution in [0, 0.1) is 0 Å². The van der Waals surface area contributed by atoms with Crippen LogP contribution in [-0.2, 0) is 28.4 Å². The van der Waals surface area contributed by atoms with Crippen LogP contribution in [0.4, 0.5) is 28.8 Å². The maximum atomic E-state index is 14.2. The molecule has 1 aliphatic heterocycles. The molecular weight excluding hydrogens is 945 g/mol. The maximum absolute atomic E-state index is 14.2. The Kier molecular flexibility index (Phi) is 23.5. The van der Waals surface area contributed by atoms with Gasteiger partial charge in [0.25, 0.3) is 0 Å². The molecule has 412 valence electrons. The van der Waals surface area contributed by atoms with Crippen LogP contribution < -0.4 is 15.4 Å². The number of guanidine groups is 2. The molecule has 1 heterocycles. The molecule has 0 bridgehead atoms. The van der Waals surface area contributed by atoms with E-state index in [2.05, 4.69) is 25.6 Å². The first-order chi connectivity index (χ1) is 33.4. The number of unbranched alkanes of at least 4 members (excludes halogenated alkanes) is 4. The van der Waals surface area contributed by atoms with Gasteiger partial charge in [0.1, 0.15) is 45.2 Å². The molecule has 2 rings (SSSR count). The Bertz CT molecular complexity index is 2070. The highest BCUT2D eigenvalue weighted by Gasteiger charge is 2.36. The molecule has 0 spiro atoms. The third-order valence-electron chi connectivity index (χ3n) is 8.92. The van der Waals surface area contributed by atoms with Crippen LogP contribution in [0.2, 0.25) is 0 Å². The van der Waals surface area contributed by atoms with E-state index >= 15 is 0 Å². The van der Waals surface area contributed by atoms with Crippen LogP contribution in [0.5, 0.6) is 5.75 Å². The van der Waals surface area contributed by atoms with E-state index in [-0.39, 0.29) is 44.6 Å². The number of nitrogens with zero attached hydrogens (tertiary/aromatic N) is 6. The van der Waals surface area contributed by atoms with Crippen LogP contribution in [0.1, 0.15) is 175 Å². The first-order valence-electron chi connectivity index (χ1n) is 25.1. The minimum Gasteiger partial charge on any atom is -0.494 e. The van der Waals surface area contributed by atoms with Crippen LogP contribution in [-0.4, -0.2) is 142 Å². The summed E-state index contributed by atoms with van der Waals surface area (Å²) in [4.78, 5) is 97.0. The number of aliphatic imine (C=N–C) groups is 3. The summed E-state index contributed by atoms with van der Waals surface area (Å²) in [5, 5.41) is 4.95. The minimum atomic E-state index is -1.05. The van der Waals surface area contributed by atoms with Gasteiger partial charge < -0.3 is 33.2 Å². The summed E-state index contributed by atoms with van der Waals surface area (Å²) in [5.41, 5.74) is -4.46. The van der Waals surface area contributed by atoms with E-state index < -0.39 is 70.2 Å². The van der Waals surface area contributed by atoms with Gasteiger partial charge in [0.2, 0.25) is 11.9 Å². The predicted molar refractivity (Wildman–Crippen MR) is 279 cm³/mol. The van der Waals surface area contributed by atoms with Crippen molar-refractivity contribution in [3.63, 3.8) is 0 Å². The zero-order chi connectivity index (χ0) is 55.6. The fourth-order valence-corrected chi connectivity index (χ4v) is 6.29. The number of carbonyl (C=O) groups is 6. The van der Waals surface area contributed by atoms with Crippen molar-refractivity contribution >= 4 is 54.3 Å². The Morgan fingerprint density at radius 2 is 1.03 bits per heavy atom. The molecule has 0 fully saturated rings. The van der Waals surface area contributed by atoms with Gasteiger partial charge in [-0.2, -0.15) is 0 Å². The van der Waals surface area contributed by atoms with Gasteiger partial charge in [-0.1, -0.05) is 19.3 Å². The van der Waals surface area contributed by atoms with Gasteiger partial charge >= 0.3 is 36.6 Å². The molecule has 21 nitrogen and oxygen atoms in total. The molecule has 6 amide bonds. The lowest BCUT2D eigenvalue weighted by atomic mass is 10.1. The number of nitrogens with one attached hydrogen (secondary N) is 2. The highest BCUT2D eigenvalue weighted by Crippen LogP contribution is 2.22. The number of benzene rings is 1. The fraction of sp³-hybridized carbons (Fsp3) is 0.712. The number of amidine groups is 1. The molecule has 0 aliphatic carbocycles. The Hall–Kier alpha value is -6.15. The average Bonchev–Trinajstić information content (AvgIpc) is 3.18. The predicted octanol–water partition coefficient (Wildman–Crippen LogP) is 11.0. The molecule has 0 radical (unpaired) electrons. The lowest BCUT2D eigenvalue weighted by Crippen LogP contribution is -2.53. The summed E-state index contributed by atoms with van der Waals surface area (Å²) in [6, 6.07) is 7.11. The highest BCUT2D eigenvalue weighted by molar-refractivity contribution is 6.07. The monoisotopic (exact) mass is 1030 g/mol. The molecule has 0 unspecified atom stereocenters. The second-order valence-electron chi connectivity index (χ2n) is 23.3. The number of amides is 6. The SMILES string of the molecule is CC(C)(C)OC(=O)N=C(N(CCCCCCCN=C(NC(=O)OC(C)(C)C)NC(=O)OC(C)(C)C)C(=O)OC(C)(C)C)N(CCCOc1ccc(C2=NCCCN2C(=O)OC(C)(C)C)cc1)C(=O)OC(C)(C)C. The Labute approximate surface area is 433 Å². The lowest BCUT2D eigenvalue weighted by molar-refractivity contribution is 0.0265. The molecule has 2 N–H and O–H groups in total. The highest BCUT2D eigenvalue weighted by atomic mass is 16.6. The smallest absolute Gasteiger partial charge is 0.437 e. The van der Waals surface area contributed by atoms with Gasteiger partial charge in [0.15, 0.2) is 0 Å². The molecule has 0 atom stereocenters. The average molecular weight is 1030 g/mol. The van der Waals surface area contributed by atoms with Crippen molar-refractivity contribution in [3.05, 3.63) is 29.8 Å². The maximum Gasteiger partial charge on any atom is 0.437 e. The number of hydrogen-bond donors (Lipinski definition) is 2.